The molecule has 1 fully saturated rings. The van der Waals surface area contributed by atoms with Crippen LogP contribution in [0.15, 0.2) is 78.9 Å². The van der Waals surface area contributed by atoms with Crippen LogP contribution >= 0.6 is 12.2 Å². The van der Waals surface area contributed by atoms with E-state index in [2.05, 4.69) is 0 Å². The number of halogens is 1. The number of thiocarbonyl (C=S) groups is 1. The van der Waals surface area contributed by atoms with Crippen molar-refractivity contribution < 1.29 is 13.9 Å². The first-order valence-corrected chi connectivity index (χ1v) is 10.1. The van der Waals surface area contributed by atoms with E-state index in [1.54, 1.807) is 4.90 Å². The third-order valence-electron chi connectivity index (χ3n) is 5.69. The van der Waals surface area contributed by atoms with Gasteiger partial charge in [0.05, 0.1) is 6.04 Å². The van der Waals surface area contributed by atoms with Crippen molar-refractivity contribution in [3.05, 3.63) is 95.8 Å². The van der Waals surface area contributed by atoms with Gasteiger partial charge in [-0.2, -0.15) is 0 Å². The summed E-state index contributed by atoms with van der Waals surface area (Å²) in [5.41, 5.74) is 1.41. The van der Waals surface area contributed by atoms with Crippen molar-refractivity contribution >= 4 is 28.9 Å². The van der Waals surface area contributed by atoms with Crippen LogP contribution in [0.1, 0.15) is 35.3 Å². The van der Waals surface area contributed by atoms with Crippen LogP contribution in [0, 0.1) is 5.82 Å². The minimum atomic E-state index is -0.739. The minimum absolute atomic E-state index is 0.260. The summed E-state index contributed by atoms with van der Waals surface area (Å²) in [6, 6.07) is 22.7. The summed E-state index contributed by atoms with van der Waals surface area (Å²) in [6.45, 7) is 1.99. The Kier molecular flexibility index (Phi) is 4.33. The molecule has 2 atom stereocenters. The average molecular weight is 418 g/mol. The summed E-state index contributed by atoms with van der Waals surface area (Å²) in [5, 5.41) is 0.365. The number of hydrogen-bond acceptors (Lipinski definition) is 3. The molecule has 0 saturated carbocycles. The zero-order chi connectivity index (χ0) is 20.9. The molecular weight excluding hydrogens is 399 g/mol. The van der Waals surface area contributed by atoms with Gasteiger partial charge in [-0.05, 0) is 61.6 Å². The van der Waals surface area contributed by atoms with E-state index >= 15 is 0 Å². The largest absolute Gasteiger partial charge is 0.467 e. The summed E-state index contributed by atoms with van der Waals surface area (Å²) in [4.78, 5) is 17.1. The molecule has 2 bridgehead atoms. The molecule has 30 heavy (non-hydrogen) atoms. The normalized spacial score (nSPS) is 22.3. The van der Waals surface area contributed by atoms with Gasteiger partial charge in [0.2, 0.25) is 0 Å². The fourth-order valence-electron chi connectivity index (χ4n) is 4.33. The highest BCUT2D eigenvalue weighted by Crippen LogP contribution is 2.49. The predicted molar refractivity (Wildman–Crippen MR) is 117 cm³/mol. The molecule has 4 nitrogen and oxygen atoms in total. The van der Waals surface area contributed by atoms with Gasteiger partial charge in [-0.15, -0.1) is 0 Å². The van der Waals surface area contributed by atoms with Crippen molar-refractivity contribution in [1.29, 1.82) is 0 Å². The second-order valence-electron chi connectivity index (χ2n) is 7.67. The average Bonchev–Trinajstić information content (AvgIpc) is 2.74. The number of amides is 1. The third kappa shape index (κ3) is 2.87. The van der Waals surface area contributed by atoms with E-state index in [-0.39, 0.29) is 17.8 Å². The second kappa shape index (κ2) is 6.92. The minimum Gasteiger partial charge on any atom is -0.467 e. The molecule has 0 N–H and O–H groups in total. The summed E-state index contributed by atoms with van der Waals surface area (Å²) in [6.07, 6.45) is 0.548. The first-order chi connectivity index (χ1) is 14.5. The molecule has 0 aliphatic carbocycles. The maximum absolute atomic E-state index is 13.6. The predicted octanol–water partition coefficient (Wildman–Crippen LogP) is 5.31. The van der Waals surface area contributed by atoms with Gasteiger partial charge >= 0.3 is 0 Å². The van der Waals surface area contributed by atoms with Crippen LogP contribution in [0.3, 0.4) is 0 Å². The second-order valence-corrected chi connectivity index (χ2v) is 8.04. The molecule has 3 aromatic carbocycles. The first kappa shape index (κ1) is 18.8. The van der Waals surface area contributed by atoms with Crippen molar-refractivity contribution in [2.75, 3.05) is 4.90 Å². The number of nitrogens with zero attached hydrogens (tertiary/aromatic N) is 2. The number of carbonyl (C=O) groups excluding carboxylic acids is 1. The molecule has 0 aromatic heterocycles. The Labute approximate surface area is 179 Å². The highest BCUT2D eigenvalue weighted by molar-refractivity contribution is 7.80. The van der Waals surface area contributed by atoms with Crippen LogP contribution in [0.5, 0.6) is 5.75 Å². The molecule has 3 aromatic rings. The van der Waals surface area contributed by atoms with Crippen LogP contribution in [-0.2, 0) is 0 Å². The standard InChI is InChI=1S/C24H19FN2O2S/c1-24-15-20(19-9-5-6-10-21(19)29-24)26(22(28)16-11-13-17(25)14-12-16)23(30)27(24)18-7-3-2-4-8-18/h2-14,20H,15H2,1H3/t20-,24-/m1/s1. The lowest BCUT2D eigenvalue weighted by Gasteiger charge is -2.55. The van der Waals surface area contributed by atoms with Crippen LogP contribution in [0.25, 0.3) is 0 Å². The fourth-order valence-corrected chi connectivity index (χ4v) is 4.84. The van der Waals surface area contributed by atoms with Crippen LogP contribution in [0.2, 0.25) is 0 Å². The fraction of sp³-hybridized carbons (Fsp3) is 0.167. The number of anilines is 1. The summed E-state index contributed by atoms with van der Waals surface area (Å²) in [7, 11) is 0. The van der Waals surface area contributed by atoms with Crippen molar-refractivity contribution in [1.82, 2.24) is 4.90 Å². The molecule has 1 saturated heterocycles. The molecule has 1 amide bonds. The lowest BCUT2D eigenvalue weighted by Crippen LogP contribution is -2.67. The lowest BCUT2D eigenvalue weighted by molar-refractivity contribution is 0.0184. The molecule has 2 aliphatic rings. The van der Waals surface area contributed by atoms with E-state index in [0.29, 0.717) is 17.1 Å². The van der Waals surface area contributed by atoms with Gasteiger partial charge in [0.25, 0.3) is 5.91 Å². The van der Waals surface area contributed by atoms with E-state index < -0.39 is 5.72 Å². The molecule has 5 rings (SSSR count). The molecule has 150 valence electrons. The van der Waals surface area contributed by atoms with Gasteiger partial charge in [0.1, 0.15) is 11.6 Å². The Bertz CT molecular complexity index is 1140. The summed E-state index contributed by atoms with van der Waals surface area (Å²) >= 11 is 5.86. The van der Waals surface area contributed by atoms with E-state index in [1.807, 2.05) is 66.4 Å². The zero-order valence-electron chi connectivity index (χ0n) is 16.3. The van der Waals surface area contributed by atoms with Crippen molar-refractivity contribution in [2.24, 2.45) is 0 Å². The Balaban J connectivity index is 1.67. The van der Waals surface area contributed by atoms with Gasteiger partial charge in [0.15, 0.2) is 10.8 Å². The monoisotopic (exact) mass is 418 g/mol. The molecule has 0 unspecified atom stereocenters. The smallest absolute Gasteiger partial charge is 0.260 e. The molecule has 0 spiro atoms. The van der Waals surface area contributed by atoms with Crippen LogP contribution in [-0.4, -0.2) is 21.6 Å². The van der Waals surface area contributed by atoms with Crippen LogP contribution in [0.4, 0.5) is 10.1 Å². The van der Waals surface area contributed by atoms with Gasteiger partial charge in [-0.25, -0.2) is 4.39 Å². The van der Waals surface area contributed by atoms with Gasteiger partial charge in [0, 0.05) is 23.2 Å². The zero-order valence-corrected chi connectivity index (χ0v) is 17.1. The number of carbonyl (C=O) groups is 1. The quantitative estimate of drug-likeness (QED) is 0.528. The SMILES string of the molecule is C[C@]12C[C@H](c3ccccc3O1)N(C(=O)c1ccc(F)cc1)C(=S)N2c1ccccc1. The lowest BCUT2D eigenvalue weighted by atomic mass is 9.88. The Morgan fingerprint density at radius 1 is 1.03 bits per heavy atom. The van der Waals surface area contributed by atoms with E-state index in [9.17, 15) is 9.18 Å². The van der Waals surface area contributed by atoms with Gasteiger partial charge in [-0.3, -0.25) is 14.6 Å². The molecule has 2 heterocycles. The van der Waals surface area contributed by atoms with E-state index in [4.69, 9.17) is 17.0 Å². The number of para-hydroxylation sites is 2. The highest BCUT2D eigenvalue weighted by Gasteiger charge is 2.53. The van der Waals surface area contributed by atoms with Gasteiger partial charge in [-0.1, -0.05) is 36.4 Å². The molecular formula is C24H19FN2O2S. The maximum Gasteiger partial charge on any atom is 0.260 e. The van der Waals surface area contributed by atoms with Crippen molar-refractivity contribution in [3.8, 4) is 5.75 Å². The van der Waals surface area contributed by atoms with E-state index in [1.165, 1.54) is 24.3 Å². The number of fused-ring (bicyclic) bond motifs is 4. The van der Waals surface area contributed by atoms with Crippen molar-refractivity contribution in [2.45, 2.75) is 25.1 Å². The summed E-state index contributed by atoms with van der Waals surface area (Å²) in [5.74, 6) is 0.0870. The third-order valence-corrected chi connectivity index (χ3v) is 6.07. The number of ether oxygens (including phenoxy) is 1. The first-order valence-electron chi connectivity index (χ1n) is 9.74. The molecule has 6 heteroatoms. The summed E-state index contributed by atoms with van der Waals surface area (Å²) < 4.78 is 19.9. The maximum atomic E-state index is 13.6. The Hall–Kier alpha value is -3.25. The van der Waals surface area contributed by atoms with E-state index in [0.717, 1.165) is 17.0 Å². The number of hydrogen-bond donors (Lipinski definition) is 0. The Morgan fingerprint density at radius 3 is 2.43 bits per heavy atom. The van der Waals surface area contributed by atoms with Crippen LogP contribution < -0.4 is 9.64 Å². The highest BCUT2D eigenvalue weighted by atomic mass is 32.1. The topological polar surface area (TPSA) is 32.8 Å². The van der Waals surface area contributed by atoms with Gasteiger partial charge < -0.3 is 4.74 Å². The Morgan fingerprint density at radius 2 is 1.70 bits per heavy atom. The number of rotatable bonds is 2. The molecule has 0 radical (unpaired) electrons. The van der Waals surface area contributed by atoms with Crippen molar-refractivity contribution in [3.63, 3.8) is 0 Å². The molecule has 2 aliphatic heterocycles. The number of benzene rings is 3.